The zero-order valence-corrected chi connectivity index (χ0v) is 15.6. The number of nitrogens with two attached hydrogens (primary N) is 1. The molecule has 2 heterocycles. The van der Waals surface area contributed by atoms with E-state index in [-0.39, 0.29) is 5.91 Å². The van der Waals surface area contributed by atoms with E-state index in [1.165, 1.54) is 0 Å². The summed E-state index contributed by atoms with van der Waals surface area (Å²) >= 11 is 0. The number of hydrogen-bond donors (Lipinski definition) is 2. The number of nitrogens with one attached hydrogen (secondary N) is 1. The van der Waals surface area contributed by atoms with E-state index in [0.29, 0.717) is 23.9 Å². The number of aromatic nitrogens is 2. The summed E-state index contributed by atoms with van der Waals surface area (Å²) in [6.45, 7) is 4.43. The molecule has 0 spiro atoms. The second kappa shape index (κ2) is 7.86. The molecule has 138 valence electrons. The van der Waals surface area contributed by atoms with Crippen molar-refractivity contribution in [2.75, 3.05) is 19.4 Å². The third-order valence-corrected chi connectivity index (χ3v) is 4.24. The summed E-state index contributed by atoms with van der Waals surface area (Å²) in [7, 11) is 1.58. The van der Waals surface area contributed by atoms with Crippen LogP contribution in [0.15, 0.2) is 48.8 Å². The number of carbonyl (C=O) groups excluding carboxylic acids is 1. The van der Waals surface area contributed by atoms with Gasteiger partial charge in [-0.25, -0.2) is 4.98 Å². The van der Waals surface area contributed by atoms with Crippen LogP contribution >= 0.6 is 0 Å². The van der Waals surface area contributed by atoms with Gasteiger partial charge < -0.3 is 15.8 Å². The predicted octanol–water partition coefficient (Wildman–Crippen LogP) is 3.46. The number of benzene rings is 1. The number of nitrogens with zero attached hydrogens (tertiary/aromatic N) is 2. The van der Waals surface area contributed by atoms with Gasteiger partial charge in [-0.3, -0.25) is 9.78 Å². The SMILES string of the molecule is CCOc1ncc(-c2cc(N)ccc2C)cc1-c1ccnc(C(=O)NC)c1. The van der Waals surface area contributed by atoms with Crippen molar-refractivity contribution >= 4 is 11.6 Å². The number of ether oxygens (including phenoxy) is 1. The number of hydrogen-bond acceptors (Lipinski definition) is 5. The first kappa shape index (κ1) is 18.4. The van der Waals surface area contributed by atoms with Crippen LogP contribution < -0.4 is 15.8 Å². The summed E-state index contributed by atoms with van der Waals surface area (Å²) in [5, 5.41) is 2.59. The second-order valence-corrected chi connectivity index (χ2v) is 6.09. The van der Waals surface area contributed by atoms with Gasteiger partial charge in [-0.1, -0.05) is 6.07 Å². The van der Waals surface area contributed by atoms with Crippen molar-refractivity contribution < 1.29 is 9.53 Å². The van der Waals surface area contributed by atoms with Crippen molar-refractivity contribution in [2.24, 2.45) is 0 Å². The van der Waals surface area contributed by atoms with Gasteiger partial charge in [0.1, 0.15) is 5.69 Å². The number of amides is 1. The van der Waals surface area contributed by atoms with Gasteiger partial charge in [-0.05, 0) is 60.9 Å². The number of rotatable bonds is 5. The van der Waals surface area contributed by atoms with Crippen molar-refractivity contribution in [1.82, 2.24) is 15.3 Å². The number of pyridine rings is 2. The van der Waals surface area contributed by atoms with E-state index in [9.17, 15) is 4.79 Å². The largest absolute Gasteiger partial charge is 0.478 e. The van der Waals surface area contributed by atoms with E-state index < -0.39 is 0 Å². The highest BCUT2D eigenvalue weighted by atomic mass is 16.5. The van der Waals surface area contributed by atoms with Crippen molar-refractivity contribution in [1.29, 1.82) is 0 Å². The molecule has 0 saturated carbocycles. The fraction of sp³-hybridized carbons (Fsp3) is 0.190. The van der Waals surface area contributed by atoms with Crippen molar-refractivity contribution in [3.05, 3.63) is 60.0 Å². The summed E-state index contributed by atoms with van der Waals surface area (Å²) in [6.07, 6.45) is 3.38. The Morgan fingerprint density at radius 2 is 1.93 bits per heavy atom. The lowest BCUT2D eigenvalue weighted by Crippen LogP contribution is -2.19. The molecule has 2 aromatic heterocycles. The number of nitrogen functional groups attached to an aromatic ring is 1. The predicted molar refractivity (Wildman–Crippen MR) is 107 cm³/mol. The van der Waals surface area contributed by atoms with Gasteiger partial charge in [0, 0.05) is 36.3 Å². The molecular weight excluding hydrogens is 340 g/mol. The first-order valence-corrected chi connectivity index (χ1v) is 8.71. The Morgan fingerprint density at radius 3 is 2.67 bits per heavy atom. The van der Waals surface area contributed by atoms with Gasteiger partial charge in [0.2, 0.25) is 5.88 Å². The number of anilines is 1. The molecule has 0 unspecified atom stereocenters. The van der Waals surface area contributed by atoms with Gasteiger partial charge in [0.25, 0.3) is 5.91 Å². The summed E-state index contributed by atoms with van der Waals surface area (Å²) in [6, 6.07) is 11.4. The Balaban J connectivity index is 2.16. The Hall–Kier alpha value is -3.41. The molecule has 3 rings (SSSR count). The Kier molecular flexibility index (Phi) is 5.35. The molecule has 0 bridgehead atoms. The lowest BCUT2D eigenvalue weighted by atomic mass is 9.98. The van der Waals surface area contributed by atoms with Crippen LogP contribution in [-0.2, 0) is 0 Å². The van der Waals surface area contributed by atoms with E-state index in [2.05, 4.69) is 15.3 Å². The highest BCUT2D eigenvalue weighted by Crippen LogP contribution is 2.34. The summed E-state index contributed by atoms with van der Waals surface area (Å²) in [5.74, 6) is 0.266. The minimum Gasteiger partial charge on any atom is -0.478 e. The van der Waals surface area contributed by atoms with Gasteiger partial charge in [0.05, 0.1) is 6.61 Å². The molecule has 1 amide bonds. The number of aryl methyl sites for hydroxylation is 1. The molecule has 0 radical (unpaired) electrons. The molecular formula is C21H22N4O2. The average molecular weight is 362 g/mol. The normalized spacial score (nSPS) is 10.5. The standard InChI is InChI=1S/C21H22N4O2/c1-4-27-21-18(14-7-8-24-19(10-14)20(26)23-3)9-15(12-25-21)17-11-16(22)6-5-13(17)2/h5-12H,4,22H2,1-3H3,(H,23,26). The van der Waals surface area contributed by atoms with Crippen LogP contribution in [0.1, 0.15) is 23.0 Å². The van der Waals surface area contributed by atoms with Crippen LogP contribution in [0.3, 0.4) is 0 Å². The highest BCUT2D eigenvalue weighted by molar-refractivity contribution is 5.93. The monoisotopic (exact) mass is 362 g/mol. The van der Waals surface area contributed by atoms with Crippen LogP contribution in [0, 0.1) is 6.92 Å². The molecule has 0 saturated heterocycles. The van der Waals surface area contributed by atoms with Crippen LogP contribution in [0.2, 0.25) is 0 Å². The van der Waals surface area contributed by atoms with E-state index in [1.54, 1.807) is 25.5 Å². The molecule has 0 fully saturated rings. The molecule has 3 aromatic rings. The second-order valence-electron chi connectivity index (χ2n) is 6.09. The van der Waals surface area contributed by atoms with Gasteiger partial charge in [-0.2, -0.15) is 0 Å². The zero-order valence-electron chi connectivity index (χ0n) is 15.6. The molecule has 0 aliphatic carbocycles. The third kappa shape index (κ3) is 3.89. The van der Waals surface area contributed by atoms with E-state index in [0.717, 1.165) is 27.8 Å². The topological polar surface area (TPSA) is 90.1 Å². The molecule has 3 N–H and O–H groups in total. The number of carbonyl (C=O) groups is 1. The first-order chi connectivity index (χ1) is 13.0. The average Bonchev–Trinajstić information content (AvgIpc) is 2.70. The molecule has 6 nitrogen and oxygen atoms in total. The lowest BCUT2D eigenvalue weighted by Gasteiger charge is -2.13. The maximum absolute atomic E-state index is 11.9. The van der Waals surface area contributed by atoms with E-state index in [1.807, 2.05) is 44.2 Å². The summed E-state index contributed by atoms with van der Waals surface area (Å²) in [4.78, 5) is 20.6. The Labute approximate surface area is 158 Å². The Morgan fingerprint density at radius 1 is 1.11 bits per heavy atom. The van der Waals surface area contributed by atoms with Crippen molar-refractivity contribution in [2.45, 2.75) is 13.8 Å². The van der Waals surface area contributed by atoms with Gasteiger partial charge >= 0.3 is 0 Å². The van der Waals surface area contributed by atoms with Crippen LogP contribution in [0.5, 0.6) is 5.88 Å². The molecule has 0 atom stereocenters. The molecule has 27 heavy (non-hydrogen) atoms. The van der Waals surface area contributed by atoms with Crippen molar-refractivity contribution in [3.63, 3.8) is 0 Å². The maximum Gasteiger partial charge on any atom is 0.269 e. The third-order valence-electron chi connectivity index (χ3n) is 4.24. The van der Waals surface area contributed by atoms with Crippen LogP contribution in [0.4, 0.5) is 5.69 Å². The van der Waals surface area contributed by atoms with Crippen LogP contribution in [-0.4, -0.2) is 29.5 Å². The minimum absolute atomic E-state index is 0.245. The van der Waals surface area contributed by atoms with Crippen LogP contribution in [0.25, 0.3) is 22.3 Å². The molecule has 0 aliphatic heterocycles. The first-order valence-electron chi connectivity index (χ1n) is 8.71. The minimum atomic E-state index is -0.245. The zero-order chi connectivity index (χ0) is 19.4. The Bertz CT molecular complexity index is 986. The molecule has 1 aromatic carbocycles. The van der Waals surface area contributed by atoms with E-state index in [4.69, 9.17) is 10.5 Å². The summed E-state index contributed by atoms with van der Waals surface area (Å²) in [5.41, 5.74) is 11.6. The summed E-state index contributed by atoms with van der Waals surface area (Å²) < 4.78 is 5.71. The molecule has 0 aliphatic rings. The van der Waals surface area contributed by atoms with Crippen molar-refractivity contribution in [3.8, 4) is 28.1 Å². The quantitative estimate of drug-likeness (QED) is 0.679. The fourth-order valence-electron chi connectivity index (χ4n) is 2.86. The van der Waals surface area contributed by atoms with Gasteiger partial charge in [0.15, 0.2) is 0 Å². The lowest BCUT2D eigenvalue weighted by molar-refractivity contribution is 0.0958. The fourth-order valence-corrected chi connectivity index (χ4v) is 2.86. The highest BCUT2D eigenvalue weighted by Gasteiger charge is 2.14. The molecule has 6 heteroatoms. The smallest absolute Gasteiger partial charge is 0.269 e. The van der Waals surface area contributed by atoms with E-state index >= 15 is 0 Å². The van der Waals surface area contributed by atoms with Gasteiger partial charge in [-0.15, -0.1) is 0 Å². The maximum atomic E-state index is 11.9.